The fraction of sp³-hybridized carbons (Fsp3) is 1.00. The van der Waals surface area contributed by atoms with Crippen LogP contribution in [0.15, 0.2) is 0 Å². The van der Waals surface area contributed by atoms with Gasteiger partial charge in [0, 0.05) is 0 Å². The standard InChI is InChI=1S/C21H42O/c1-7-20-21(6,22-20)16-10-15-19(5)14-9-13-18(4)12-8-11-17(2)3/h17-20H,7-16H2,1-6H3/t18-,19-,20-,21?/m1/s1. The SMILES string of the molecule is CC[C@H]1OC1(C)CCC[C@H](C)CCC[C@H](C)CCCC(C)C. The number of rotatable bonds is 13. The van der Waals surface area contributed by atoms with Crippen LogP contribution in [0.1, 0.15) is 106 Å². The molecule has 1 saturated heterocycles. The maximum absolute atomic E-state index is 5.80. The molecule has 0 radical (unpaired) electrons. The molecule has 1 heteroatoms. The van der Waals surface area contributed by atoms with Crippen molar-refractivity contribution in [3.8, 4) is 0 Å². The van der Waals surface area contributed by atoms with E-state index in [4.69, 9.17) is 4.74 Å². The van der Waals surface area contributed by atoms with Gasteiger partial charge in [-0.05, 0) is 37.5 Å². The molecule has 1 nitrogen and oxygen atoms in total. The zero-order valence-corrected chi connectivity index (χ0v) is 16.3. The van der Waals surface area contributed by atoms with Gasteiger partial charge in [-0.3, -0.25) is 0 Å². The van der Waals surface area contributed by atoms with Crippen molar-refractivity contribution in [2.24, 2.45) is 17.8 Å². The van der Waals surface area contributed by atoms with Crippen LogP contribution in [-0.4, -0.2) is 11.7 Å². The Morgan fingerprint density at radius 2 is 1.32 bits per heavy atom. The minimum atomic E-state index is 0.236. The first kappa shape index (κ1) is 20.0. The molecule has 0 aromatic carbocycles. The molecule has 1 heterocycles. The molecule has 1 aliphatic rings. The van der Waals surface area contributed by atoms with Crippen molar-refractivity contribution < 1.29 is 4.74 Å². The summed E-state index contributed by atoms with van der Waals surface area (Å²) in [6, 6.07) is 0. The minimum Gasteiger partial charge on any atom is -0.366 e. The second kappa shape index (κ2) is 9.96. The van der Waals surface area contributed by atoms with Gasteiger partial charge in [-0.2, -0.15) is 0 Å². The van der Waals surface area contributed by atoms with E-state index in [-0.39, 0.29) is 5.60 Å². The molecule has 0 aromatic heterocycles. The summed E-state index contributed by atoms with van der Waals surface area (Å²) in [7, 11) is 0. The molecule has 22 heavy (non-hydrogen) atoms. The van der Waals surface area contributed by atoms with Crippen LogP contribution >= 0.6 is 0 Å². The summed E-state index contributed by atoms with van der Waals surface area (Å²) in [5, 5.41) is 0. The van der Waals surface area contributed by atoms with E-state index in [0.717, 1.165) is 17.8 Å². The monoisotopic (exact) mass is 310 g/mol. The van der Waals surface area contributed by atoms with E-state index in [1.165, 1.54) is 64.2 Å². The molecule has 1 unspecified atom stereocenters. The smallest absolute Gasteiger partial charge is 0.0920 e. The second-order valence-electron chi connectivity index (χ2n) is 8.69. The van der Waals surface area contributed by atoms with Crippen molar-refractivity contribution in [3.05, 3.63) is 0 Å². The lowest BCUT2D eigenvalue weighted by Gasteiger charge is -2.15. The van der Waals surface area contributed by atoms with Gasteiger partial charge in [0.1, 0.15) is 0 Å². The zero-order valence-electron chi connectivity index (χ0n) is 16.3. The van der Waals surface area contributed by atoms with Gasteiger partial charge in [0.25, 0.3) is 0 Å². The maximum atomic E-state index is 5.80. The average molecular weight is 311 g/mol. The summed E-state index contributed by atoms with van der Waals surface area (Å²) in [6.07, 6.45) is 14.3. The molecule has 1 aliphatic heterocycles. The van der Waals surface area contributed by atoms with Crippen molar-refractivity contribution in [1.82, 2.24) is 0 Å². The molecule has 0 aromatic rings. The minimum absolute atomic E-state index is 0.236. The lowest BCUT2D eigenvalue weighted by Crippen LogP contribution is -2.10. The van der Waals surface area contributed by atoms with Crippen molar-refractivity contribution >= 4 is 0 Å². The van der Waals surface area contributed by atoms with Gasteiger partial charge in [0.2, 0.25) is 0 Å². The molecule has 4 atom stereocenters. The third kappa shape index (κ3) is 7.99. The first-order valence-corrected chi connectivity index (χ1v) is 10.0. The predicted molar refractivity (Wildman–Crippen MR) is 98.3 cm³/mol. The van der Waals surface area contributed by atoms with Crippen LogP contribution in [0.5, 0.6) is 0 Å². The van der Waals surface area contributed by atoms with Crippen LogP contribution in [-0.2, 0) is 4.74 Å². The third-order valence-electron chi connectivity index (χ3n) is 5.65. The Morgan fingerprint density at radius 1 is 0.818 bits per heavy atom. The Labute approximate surface area is 140 Å². The molecular formula is C21H42O. The van der Waals surface area contributed by atoms with Crippen molar-refractivity contribution in [2.75, 3.05) is 0 Å². The molecule has 0 spiro atoms. The topological polar surface area (TPSA) is 12.5 Å². The Morgan fingerprint density at radius 3 is 1.77 bits per heavy atom. The van der Waals surface area contributed by atoms with E-state index in [9.17, 15) is 0 Å². The molecule has 0 amide bonds. The van der Waals surface area contributed by atoms with Gasteiger partial charge >= 0.3 is 0 Å². The predicted octanol–water partition coefficient (Wildman–Crippen LogP) is 6.99. The molecule has 1 rings (SSSR count). The first-order chi connectivity index (χ1) is 10.4. The van der Waals surface area contributed by atoms with E-state index in [1.54, 1.807) is 0 Å². The Bertz CT molecular complexity index is 286. The quantitative estimate of drug-likeness (QED) is 0.334. The van der Waals surface area contributed by atoms with Crippen LogP contribution in [0.4, 0.5) is 0 Å². The highest BCUT2D eigenvalue weighted by Crippen LogP contribution is 2.42. The Balaban J connectivity index is 1.96. The fourth-order valence-corrected chi connectivity index (χ4v) is 3.81. The summed E-state index contributed by atoms with van der Waals surface area (Å²) in [5.74, 6) is 2.69. The highest BCUT2D eigenvalue weighted by atomic mass is 16.6. The highest BCUT2D eigenvalue weighted by molar-refractivity contribution is 4.97. The fourth-order valence-electron chi connectivity index (χ4n) is 3.81. The molecular weight excluding hydrogens is 268 g/mol. The lowest BCUT2D eigenvalue weighted by atomic mass is 9.90. The van der Waals surface area contributed by atoms with Crippen molar-refractivity contribution in [1.29, 1.82) is 0 Å². The molecule has 0 N–H and O–H groups in total. The van der Waals surface area contributed by atoms with Gasteiger partial charge in [-0.15, -0.1) is 0 Å². The summed E-state index contributed by atoms with van der Waals surface area (Å²) in [5.41, 5.74) is 0.236. The van der Waals surface area contributed by atoms with E-state index < -0.39 is 0 Å². The first-order valence-electron chi connectivity index (χ1n) is 10.0. The van der Waals surface area contributed by atoms with E-state index in [2.05, 4.69) is 41.5 Å². The van der Waals surface area contributed by atoms with E-state index in [0.29, 0.717) is 6.10 Å². The van der Waals surface area contributed by atoms with E-state index >= 15 is 0 Å². The van der Waals surface area contributed by atoms with Gasteiger partial charge in [-0.25, -0.2) is 0 Å². The number of hydrogen-bond acceptors (Lipinski definition) is 1. The normalized spacial score (nSPS) is 27.1. The third-order valence-corrected chi connectivity index (χ3v) is 5.65. The van der Waals surface area contributed by atoms with Crippen LogP contribution in [0.25, 0.3) is 0 Å². The van der Waals surface area contributed by atoms with Gasteiger partial charge in [0.15, 0.2) is 0 Å². The Hall–Kier alpha value is -0.0400. The zero-order chi connectivity index (χ0) is 16.6. The number of ether oxygens (including phenoxy) is 1. The van der Waals surface area contributed by atoms with Crippen molar-refractivity contribution in [3.63, 3.8) is 0 Å². The largest absolute Gasteiger partial charge is 0.366 e. The summed E-state index contributed by atoms with van der Waals surface area (Å²) in [6.45, 7) is 14.1. The van der Waals surface area contributed by atoms with Crippen LogP contribution in [0.3, 0.4) is 0 Å². The lowest BCUT2D eigenvalue weighted by molar-refractivity contribution is 0.283. The van der Waals surface area contributed by atoms with Crippen molar-refractivity contribution in [2.45, 2.75) is 117 Å². The van der Waals surface area contributed by atoms with Gasteiger partial charge in [-0.1, -0.05) is 86.0 Å². The molecule has 0 saturated carbocycles. The van der Waals surface area contributed by atoms with E-state index in [1.807, 2.05) is 0 Å². The van der Waals surface area contributed by atoms with Gasteiger partial charge in [0.05, 0.1) is 11.7 Å². The summed E-state index contributed by atoms with van der Waals surface area (Å²) >= 11 is 0. The molecule has 0 aliphatic carbocycles. The molecule has 1 fully saturated rings. The Kier molecular flexibility index (Phi) is 9.05. The maximum Gasteiger partial charge on any atom is 0.0920 e. The molecule has 0 bridgehead atoms. The average Bonchev–Trinajstić information content (AvgIpc) is 3.09. The van der Waals surface area contributed by atoms with Crippen LogP contribution < -0.4 is 0 Å². The number of epoxide rings is 1. The summed E-state index contributed by atoms with van der Waals surface area (Å²) in [4.78, 5) is 0. The highest BCUT2D eigenvalue weighted by Gasteiger charge is 2.49. The number of hydrogen-bond donors (Lipinski definition) is 0. The molecule has 132 valence electrons. The second-order valence-corrected chi connectivity index (χ2v) is 8.69. The summed E-state index contributed by atoms with van der Waals surface area (Å²) < 4.78 is 5.80. The van der Waals surface area contributed by atoms with Gasteiger partial charge < -0.3 is 4.74 Å². The van der Waals surface area contributed by atoms with Crippen LogP contribution in [0, 0.1) is 17.8 Å². The van der Waals surface area contributed by atoms with Crippen LogP contribution in [0.2, 0.25) is 0 Å².